The van der Waals surface area contributed by atoms with E-state index in [1.54, 1.807) is 24.8 Å². The quantitative estimate of drug-likeness (QED) is 0.552. The van der Waals surface area contributed by atoms with E-state index < -0.39 is 33.7 Å². The van der Waals surface area contributed by atoms with Gasteiger partial charge in [-0.3, -0.25) is 4.79 Å². The van der Waals surface area contributed by atoms with Crippen LogP contribution in [0.3, 0.4) is 0 Å². The van der Waals surface area contributed by atoms with Gasteiger partial charge in [0.1, 0.15) is 5.75 Å². The number of hydrogen-bond donors (Lipinski definition) is 3. The second kappa shape index (κ2) is 10.2. The number of carbonyl (C=O) groups excluding carboxylic acids is 1. The number of ether oxygens (including phenoxy) is 2. The lowest BCUT2D eigenvalue weighted by molar-refractivity contribution is -0.161. The molecule has 0 aliphatic carbocycles. The number of aromatic hydroxyl groups is 1. The van der Waals surface area contributed by atoms with Crippen LogP contribution >= 0.6 is 11.6 Å². The summed E-state index contributed by atoms with van der Waals surface area (Å²) in [4.78, 5) is 14.7. The zero-order chi connectivity index (χ0) is 24.6. The molecule has 0 aromatic heterocycles. The Morgan fingerprint density at radius 3 is 2.48 bits per heavy atom. The Morgan fingerprint density at radius 2 is 1.97 bits per heavy atom. The summed E-state index contributed by atoms with van der Waals surface area (Å²) in [6.07, 6.45) is 0.703. The van der Waals surface area contributed by atoms with Crippen LogP contribution in [-0.4, -0.2) is 61.6 Å². The molecular weight excluding hydrogens is 468 g/mol. The van der Waals surface area contributed by atoms with E-state index in [1.807, 2.05) is 20.8 Å². The van der Waals surface area contributed by atoms with Gasteiger partial charge in [-0.15, -0.1) is 0 Å². The molecule has 3 N–H and O–H groups in total. The van der Waals surface area contributed by atoms with E-state index in [1.165, 1.54) is 6.07 Å². The van der Waals surface area contributed by atoms with Gasteiger partial charge in [-0.1, -0.05) is 11.6 Å². The van der Waals surface area contributed by atoms with Crippen molar-refractivity contribution < 1.29 is 28.7 Å². The largest absolute Gasteiger partial charge is 0.508 e. The molecule has 10 heteroatoms. The normalized spacial score (nSPS) is 23.5. The lowest BCUT2D eigenvalue weighted by Gasteiger charge is -2.38. The Labute approximate surface area is 203 Å². The van der Waals surface area contributed by atoms with Gasteiger partial charge in [0.25, 0.3) is 5.91 Å². The van der Waals surface area contributed by atoms with E-state index in [0.717, 1.165) is 0 Å². The molecule has 2 aliphatic rings. The summed E-state index contributed by atoms with van der Waals surface area (Å²) in [7, 11) is -1.39. The van der Waals surface area contributed by atoms with Crippen molar-refractivity contribution in [3.05, 3.63) is 28.3 Å². The first-order chi connectivity index (χ1) is 15.3. The summed E-state index contributed by atoms with van der Waals surface area (Å²) < 4.78 is 26.9. The predicted molar refractivity (Wildman–Crippen MR) is 127 cm³/mol. The van der Waals surface area contributed by atoms with E-state index in [2.05, 4.69) is 4.72 Å². The maximum Gasteiger partial charge on any atom is 0.254 e. The first-order valence-electron chi connectivity index (χ1n) is 11.2. The molecule has 2 saturated heterocycles. The van der Waals surface area contributed by atoms with E-state index in [4.69, 9.17) is 21.1 Å². The van der Waals surface area contributed by atoms with Crippen LogP contribution in [0.4, 0.5) is 0 Å². The summed E-state index contributed by atoms with van der Waals surface area (Å²) in [6, 6.07) is 2.64. The molecular formula is C23H35ClN2O6S. The van der Waals surface area contributed by atoms with Gasteiger partial charge in [-0.05, 0) is 71.1 Å². The smallest absolute Gasteiger partial charge is 0.254 e. The van der Waals surface area contributed by atoms with Crippen molar-refractivity contribution in [3.63, 3.8) is 0 Å². The third kappa shape index (κ3) is 6.26. The lowest BCUT2D eigenvalue weighted by Crippen LogP contribution is -2.47. The van der Waals surface area contributed by atoms with Gasteiger partial charge in [0.05, 0.1) is 35.0 Å². The first kappa shape index (κ1) is 26.4. The summed E-state index contributed by atoms with van der Waals surface area (Å²) in [6.45, 7) is 10.2. The minimum absolute atomic E-state index is 0.0101. The molecule has 0 spiro atoms. The van der Waals surface area contributed by atoms with Crippen LogP contribution in [0.1, 0.15) is 64.6 Å². The molecule has 0 saturated carbocycles. The van der Waals surface area contributed by atoms with E-state index in [0.29, 0.717) is 42.1 Å². The zero-order valence-electron chi connectivity index (χ0n) is 19.9. The molecule has 1 aromatic carbocycles. The molecule has 0 radical (unpaired) electrons. The lowest BCUT2D eigenvalue weighted by atomic mass is 9.85. The SMILES string of the molecule is CC1(C)OC[C@H](C(=O)N2CCC([C@@H](N[S@@](=O)C(C)(C)C)c3cc(Cl)c(CO)cc3O)CC2)O1. The number of halogens is 1. The molecule has 2 fully saturated rings. The van der Waals surface area contributed by atoms with Gasteiger partial charge in [0, 0.05) is 23.7 Å². The Kier molecular flexibility index (Phi) is 8.13. The average molecular weight is 503 g/mol. The first-order valence-corrected chi connectivity index (χ1v) is 12.8. The van der Waals surface area contributed by atoms with Crippen molar-refractivity contribution in [2.24, 2.45) is 5.92 Å². The van der Waals surface area contributed by atoms with Gasteiger partial charge in [-0.25, -0.2) is 8.93 Å². The number of amides is 1. The third-order valence-corrected chi connectivity index (χ3v) is 8.03. The second-order valence-electron chi connectivity index (χ2n) is 10.1. The Hall–Kier alpha value is -1.23. The molecule has 2 aliphatic heterocycles. The standard InChI is InChI=1S/C23H35ClN2O6S/c1-22(2,3)33(30)25-20(16-11-17(24)15(12-27)10-18(16)28)14-6-8-26(9-7-14)21(29)19-13-31-23(4,5)32-19/h10-11,14,19-20,25,27-28H,6-9,12-13H2,1-5H3/t19-,20-,33+/m1/s1. The molecule has 1 amide bonds. The monoisotopic (exact) mass is 502 g/mol. The van der Waals surface area contributed by atoms with Crippen LogP contribution < -0.4 is 4.72 Å². The van der Waals surface area contributed by atoms with Gasteiger partial charge < -0.3 is 24.6 Å². The molecule has 2 heterocycles. The fourth-order valence-corrected chi connectivity index (χ4v) is 5.30. The van der Waals surface area contributed by atoms with E-state index in [-0.39, 0.29) is 30.8 Å². The summed E-state index contributed by atoms with van der Waals surface area (Å²) in [5.41, 5.74) is 0.963. The van der Waals surface area contributed by atoms with Crippen LogP contribution in [0, 0.1) is 5.92 Å². The number of nitrogens with one attached hydrogen (secondary N) is 1. The van der Waals surface area contributed by atoms with Gasteiger partial charge in [-0.2, -0.15) is 0 Å². The number of nitrogens with zero attached hydrogens (tertiary/aromatic N) is 1. The van der Waals surface area contributed by atoms with Crippen molar-refractivity contribution in [3.8, 4) is 5.75 Å². The number of phenols is 1. The molecule has 3 rings (SSSR count). The summed E-state index contributed by atoms with van der Waals surface area (Å²) in [5.74, 6) is -0.842. The fourth-order valence-electron chi connectivity index (χ4n) is 4.16. The maximum absolute atomic E-state index is 13.0. The highest BCUT2D eigenvalue weighted by Gasteiger charge is 2.41. The molecule has 0 bridgehead atoms. The molecule has 1 aromatic rings. The van der Waals surface area contributed by atoms with Crippen LogP contribution in [0.15, 0.2) is 12.1 Å². The molecule has 33 heavy (non-hydrogen) atoms. The highest BCUT2D eigenvalue weighted by atomic mass is 35.5. The zero-order valence-corrected chi connectivity index (χ0v) is 21.5. The van der Waals surface area contributed by atoms with E-state index >= 15 is 0 Å². The molecule has 8 nitrogen and oxygen atoms in total. The van der Waals surface area contributed by atoms with Crippen LogP contribution in [0.25, 0.3) is 0 Å². The van der Waals surface area contributed by atoms with Gasteiger partial charge in [0.15, 0.2) is 11.9 Å². The summed E-state index contributed by atoms with van der Waals surface area (Å²) in [5, 5.41) is 20.5. The number of rotatable bonds is 6. The Morgan fingerprint density at radius 1 is 1.33 bits per heavy atom. The Balaban J connectivity index is 1.78. The minimum Gasteiger partial charge on any atom is -0.508 e. The number of benzene rings is 1. The minimum atomic E-state index is -1.39. The molecule has 0 unspecified atom stereocenters. The second-order valence-corrected chi connectivity index (χ2v) is 12.5. The van der Waals surface area contributed by atoms with Crippen LogP contribution in [-0.2, 0) is 31.9 Å². The molecule has 3 atom stereocenters. The van der Waals surface area contributed by atoms with Gasteiger partial charge in [0.2, 0.25) is 0 Å². The van der Waals surface area contributed by atoms with Crippen molar-refractivity contribution in [2.75, 3.05) is 19.7 Å². The summed E-state index contributed by atoms with van der Waals surface area (Å²) >= 11 is 6.32. The number of hydrogen-bond acceptors (Lipinski definition) is 6. The number of phenolic OH excluding ortho intramolecular Hbond substituents is 1. The maximum atomic E-state index is 13.0. The average Bonchev–Trinajstić information content (AvgIpc) is 3.12. The topological polar surface area (TPSA) is 108 Å². The van der Waals surface area contributed by atoms with Crippen molar-refractivity contribution >= 4 is 28.5 Å². The third-order valence-electron chi connectivity index (χ3n) is 6.10. The fraction of sp³-hybridized carbons (Fsp3) is 0.696. The van der Waals surface area contributed by atoms with Crippen molar-refractivity contribution in [1.29, 1.82) is 0 Å². The number of likely N-dealkylation sites (tertiary alicyclic amines) is 1. The number of piperidine rings is 1. The molecule has 186 valence electrons. The van der Waals surface area contributed by atoms with Crippen molar-refractivity contribution in [2.45, 2.75) is 76.7 Å². The van der Waals surface area contributed by atoms with Gasteiger partial charge >= 0.3 is 0 Å². The van der Waals surface area contributed by atoms with Crippen LogP contribution in [0.5, 0.6) is 5.75 Å². The highest BCUT2D eigenvalue weighted by Crippen LogP contribution is 2.39. The number of aliphatic hydroxyl groups excluding tert-OH is 1. The number of carbonyl (C=O) groups is 1. The number of aliphatic hydroxyl groups is 1. The van der Waals surface area contributed by atoms with Crippen LogP contribution in [0.2, 0.25) is 5.02 Å². The Bertz CT molecular complexity index is 896. The van der Waals surface area contributed by atoms with Crippen molar-refractivity contribution in [1.82, 2.24) is 9.62 Å². The van der Waals surface area contributed by atoms with E-state index in [9.17, 15) is 19.2 Å². The predicted octanol–water partition coefficient (Wildman–Crippen LogP) is 3.02. The highest BCUT2D eigenvalue weighted by molar-refractivity contribution is 7.84.